The average Bonchev–Trinajstić information content (AvgIpc) is 3.66. The Morgan fingerprint density at radius 3 is 2.46 bits per heavy atom. The summed E-state index contributed by atoms with van der Waals surface area (Å²) < 4.78 is 20.1. The maximum absolute atomic E-state index is 11.4. The number of nitrogen functional groups attached to an aromatic ring is 1. The standard InChI is InChI=1S/C31H28N4O4.C9H7NO/c1-19(36)13-21-5-3-6-22(14-21)16-38-25-7-4-8-26(15-25)39-24-11-9-23(10-12-24)35-27-17-37-20(2)28(27)29-30(35)31(32)34-18-33-29;11-8-5-1-3-7-4-2-6-10-9(7)8/h3-12,14-15,18,20H,13,16-17H2,1-2H3,(H2,32,33,34);1-6,11H. The Balaban J connectivity index is 0.000000302. The van der Waals surface area contributed by atoms with Crippen molar-refractivity contribution in [2.45, 2.75) is 39.6 Å². The molecule has 1 atom stereocenters. The van der Waals surface area contributed by atoms with E-state index in [1.807, 2.05) is 97.9 Å². The predicted molar refractivity (Wildman–Crippen MR) is 192 cm³/mol. The van der Waals surface area contributed by atoms with Crippen LogP contribution >= 0.6 is 0 Å². The molecule has 0 bridgehead atoms. The molecule has 0 saturated carbocycles. The highest BCUT2D eigenvalue weighted by Gasteiger charge is 2.30. The molecule has 0 fully saturated rings. The molecule has 1 unspecified atom stereocenters. The van der Waals surface area contributed by atoms with Gasteiger partial charge in [0.1, 0.15) is 58.3 Å². The lowest BCUT2D eigenvalue weighted by Crippen LogP contribution is -2.03. The van der Waals surface area contributed by atoms with E-state index < -0.39 is 0 Å². The molecule has 4 aromatic carbocycles. The van der Waals surface area contributed by atoms with Gasteiger partial charge in [0.05, 0.1) is 18.4 Å². The molecule has 3 aromatic heterocycles. The fraction of sp³-hybridized carbons (Fsp3) is 0.150. The molecular formula is C40H35N5O5. The third-order valence-electron chi connectivity index (χ3n) is 8.38. The van der Waals surface area contributed by atoms with Gasteiger partial charge >= 0.3 is 0 Å². The van der Waals surface area contributed by atoms with Crippen LogP contribution in [0.4, 0.5) is 5.82 Å². The van der Waals surface area contributed by atoms with E-state index in [1.54, 1.807) is 25.3 Å². The first kappa shape index (κ1) is 32.3. The summed E-state index contributed by atoms with van der Waals surface area (Å²) in [7, 11) is 0. The maximum Gasteiger partial charge on any atom is 0.151 e. The third kappa shape index (κ3) is 6.83. The highest BCUT2D eigenvalue weighted by atomic mass is 16.5. The van der Waals surface area contributed by atoms with Gasteiger partial charge in [0.25, 0.3) is 0 Å². The minimum absolute atomic E-state index is 0.0559. The lowest BCUT2D eigenvalue weighted by Gasteiger charge is -2.12. The topological polar surface area (TPSA) is 135 Å². The van der Waals surface area contributed by atoms with E-state index in [0.29, 0.717) is 48.2 Å². The maximum atomic E-state index is 11.4. The van der Waals surface area contributed by atoms with E-state index >= 15 is 0 Å². The Kier molecular flexibility index (Phi) is 9.09. The molecule has 4 heterocycles. The molecule has 7 aromatic rings. The smallest absolute Gasteiger partial charge is 0.151 e. The van der Waals surface area contributed by atoms with Crippen molar-refractivity contribution in [3.63, 3.8) is 0 Å². The van der Waals surface area contributed by atoms with Crippen molar-refractivity contribution in [2.24, 2.45) is 0 Å². The normalized spacial score (nSPS) is 13.4. The van der Waals surface area contributed by atoms with Crippen molar-refractivity contribution >= 4 is 33.5 Å². The Labute approximate surface area is 288 Å². The lowest BCUT2D eigenvalue weighted by molar-refractivity contribution is -0.116. The number of carbonyl (C=O) groups excluding carboxylic acids is 1. The number of para-hydroxylation sites is 1. The Morgan fingerprint density at radius 2 is 1.64 bits per heavy atom. The first-order valence-electron chi connectivity index (χ1n) is 16.2. The van der Waals surface area contributed by atoms with Crippen LogP contribution in [-0.2, 0) is 29.2 Å². The van der Waals surface area contributed by atoms with Crippen LogP contribution in [0, 0.1) is 0 Å². The number of rotatable bonds is 8. The number of phenolic OH excluding ortho intramolecular Hbond substituents is 1. The molecule has 0 amide bonds. The van der Waals surface area contributed by atoms with Crippen molar-refractivity contribution in [3.8, 4) is 28.7 Å². The molecule has 3 N–H and O–H groups in total. The van der Waals surface area contributed by atoms with Gasteiger partial charge in [-0.3, -0.25) is 9.78 Å². The monoisotopic (exact) mass is 665 g/mol. The minimum Gasteiger partial charge on any atom is -0.506 e. The summed E-state index contributed by atoms with van der Waals surface area (Å²) in [6.45, 7) is 4.50. The number of ether oxygens (including phenoxy) is 3. The Bertz CT molecular complexity index is 2310. The minimum atomic E-state index is -0.0559. The number of anilines is 1. The molecule has 250 valence electrons. The van der Waals surface area contributed by atoms with E-state index in [9.17, 15) is 9.90 Å². The number of aromatic nitrogens is 4. The van der Waals surface area contributed by atoms with E-state index in [-0.39, 0.29) is 17.6 Å². The summed E-state index contributed by atoms with van der Waals surface area (Å²) in [5.41, 5.74) is 13.6. The van der Waals surface area contributed by atoms with Gasteiger partial charge in [0.2, 0.25) is 0 Å². The summed E-state index contributed by atoms with van der Waals surface area (Å²) in [5, 5.41) is 10.3. The highest BCUT2D eigenvalue weighted by Crippen LogP contribution is 2.41. The SMILES string of the molecule is CC(=O)Cc1cccc(COc2cccc(Oc3ccc(-n4c5c(c6ncnc(N)c64)C(C)OC5)cc3)c2)c1.Oc1cccc2cccnc12. The number of hydrogen-bond acceptors (Lipinski definition) is 9. The predicted octanol–water partition coefficient (Wildman–Crippen LogP) is 8.04. The van der Waals surface area contributed by atoms with Gasteiger partial charge in [0, 0.05) is 35.3 Å². The fourth-order valence-corrected chi connectivity index (χ4v) is 6.14. The molecule has 0 spiro atoms. The molecule has 10 nitrogen and oxygen atoms in total. The molecule has 0 radical (unpaired) electrons. The number of carbonyl (C=O) groups is 1. The lowest BCUT2D eigenvalue weighted by atomic mass is 10.1. The van der Waals surface area contributed by atoms with Crippen LogP contribution < -0.4 is 15.2 Å². The first-order chi connectivity index (χ1) is 24.3. The van der Waals surface area contributed by atoms with Crippen LogP contribution in [0.1, 0.15) is 42.3 Å². The number of ketones is 1. The largest absolute Gasteiger partial charge is 0.506 e. The molecule has 1 aliphatic rings. The Morgan fingerprint density at radius 1 is 0.880 bits per heavy atom. The number of phenols is 1. The van der Waals surface area contributed by atoms with Gasteiger partial charge in [-0.05, 0) is 73.5 Å². The summed E-state index contributed by atoms with van der Waals surface area (Å²) in [4.78, 5) is 24.2. The highest BCUT2D eigenvalue weighted by molar-refractivity contribution is 5.91. The number of aromatic hydroxyl groups is 1. The second-order valence-corrected chi connectivity index (χ2v) is 12.0. The van der Waals surface area contributed by atoms with E-state index in [0.717, 1.165) is 44.5 Å². The van der Waals surface area contributed by atoms with Crippen LogP contribution in [0.5, 0.6) is 23.0 Å². The van der Waals surface area contributed by atoms with Crippen LogP contribution in [-0.4, -0.2) is 30.4 Å². The van der Waals surface area contributed by atoms with Crippen LogP contribution in [0.3, 0.4) is 0 Å². The number of nitrogens with zero attached hydrogens (tertiary/aromatic N) is 4. The van der Waals surface area contributed by atoms with Gasteiger partial charge < -0.3 is 29.6 Å². The van der Waals surface area contributed by atoms with E-state index in [1.165, 1.54) is 6.33 Å². The number of Topliss-reactive ketones (excluding diaryl/α,β-unsaturated/α-hetero) is 1. The third-order valence-corrected chi connectivity index (χ3v) is 8.38. The number of pyridine rings is 1. The van der Waals surface area contributed by atoms with E-state index in [2.05, 4.69) is 19.5 Å². The number of benzene rings is 4. The van der Waals surface area contributed by atoms with Crippen LogP contribution in [0.15, 0.2) is 116 Å². The molecule has 0 aliphatic carbocycles. The number of fused-ring (bicyclic) bond motifs is 4. The van der Waals surface area contributed by atoms with Crippen molar-refractivity contribution < 1.29 is 24.1 Å². The van der Waals surface area contributed by atoms with Crippen molar-refractivity contribution in [3.05, 3.63) is 138 Å². The van der Waals surface area contributed by atoms with Crippen molar-refractivity contribution in [1.29, 1.82) is 0 Å². The zero-order chi connectivity index (χ0) is 34.6. The Hall–Kier alpha value is -6.26. The first-order valence-corrected chi connectivity index (χ1v) is 16.2. The van der Waals surface area contributed by atoms with Gasteiger partial charge in [-0.1, -0.05) is 48.5 Å². The van der Waals surface area contributed by atoms with Crippen molar-refractivity contribution in [1.82, 2.24) is 19.5 Å². The van der Waals surface area contributed by atoms with Gasteiger partial charge in [0.15, 0.2) is 5.82 Å². The molecule has 8 rings (SSSR count). The summed E-state index contributed by atoms with van der Waals surface area (Å²) in [6, 6.07) is 32.3. The molecule has 10 heteroatoms. The molecular weight excluding hydrogens is 630 g/mol. The van der Waals surface area contributed by atoms with Gasteiger partial charge in [-0.2, -0.15) is 0 Å². The second-order valence-electron chi connectivity index (χ2n) is 12.0. The fourth-order valence-electron chi connectivity index (χ4n) is 6.14. The van der Waals surface area contributed by atoms with Crippen LogP contribution in [0.25, 0.3) is 27.6 Å². The van der Waals surface area contributed by atoms with Crippen molar-refractivity contribution in [2.75, 3.05) is 5.73 Å². The molecule has 1 aliphatic heterocycles. The number of hydrogen-bond donors (Lipinski definition) is 2. The molecule has 50 heavy (non-hydrogen) atoms. The summed E-state index contributed by atoms with van der Waals surface area (Å²) in [6.07, 6.45) is 3.53. The van der Waals surface area contributed by atoms with Gasteiger partial charge in [-0.15, -0.1) is 0 Å². The number of nitrogens with two attached hydrogens (primary N) is 1. The van der Waals surface area contributed by atoms with E-state index in [4.69, 9.17) is 19.9 Å². The summed E-state index contributed by atoms with van der Waals surface area (Å²) >= 11 is 0. The quantitative estimate of drug-likeness (QED) is 0.165. The zero-order valence-corrected chi connectivity index (χ0v) is 27.6. The zero-order valence-electron chi connectivity index (χ0n) is 27.6. The second kappa shape index (κ2) is 14.1. The average molecular weight is 666 g/mol. The summed E-state index contributed by atoms with van der Waals surface area (Å²) in [5.74, 6) is 2.86. The molecule has 0 saturated heterocycles. The van der Waals surface area contributed by atoms with Gasteiger partial charge in [-0.25, -0.2) is 9.97 Å². The van der Waals surface area contributed by atoms with Crippen LogP contribution in [0.2, 0.25) is 0 Å².